The molecule has 0 bridgehead atoms. The van der Waals surface area contributed by atoms with Crippen molar-refractivity contribution in [3.63, 3.8) is 0 Å². The predicted octanol–water partition coefficient (Wildman–Crippen LogP) is 3.02. The molecule has 1 aliphatic carbocycles. The molecule has 0 amide bonds. The maximum atomic E-state index is 4.53. The van der Waals surface area contributed by atoms with Crippen LogP contribution in [0.15, 0.2) is 12.4 Å². The largest absolute Gasteiger partial charge is 0.313 e. The highest BCUT2D eigenvalue weighted by Gasteiger charge is 2.17. The van der Waals surface area contributed by atoms with Gasteiger partial charge in [-0.05, 0) is 25.8 Å². The minimum Gasteiger partial charge on any atom is -0.313 e. The van der Waals surface area contributed by atoms with E-state index in [-0.39, 0.29) is 0 Å². The molecular formula is C14H23N3. The van der Waals surface area contributed by atoms with E-state index in [1.165, 1.54) is 44.1 Å². The summed E-state index contributed by atoms with van der Waals surface area (Å²) >= 11 is 0. The summed E-state index contributed by atoms with van der Waals surface area (Å²) in [5.41, 5.74) is 1.19. The van der Waals surface area contributed by atoms with Crippen LogP contribution in [0.1, 0.15) is 62.8 Å². The van der Waals surface area contributed by atoms with Gasteiger partial charge in [-0.1, -0.05) is 26.2 Å². The molecule has 0 saturated heterocycles. The standard InChI is InChI=1S/C14H23N3/c1-2-8-15-9-12-10-16-14(17-11-12)13-6-4-3-5-7-13/h10-11,13,15H,2-9H2,1H3. The number of hydrogen-bond acceptors (Lipinski definition) is 3. The first-order valence-electron chi connectivity index (χ1n) is 6.91. The van der Waals surface area contributed by atoms with Crippen LogP contribution in [0.5, 0.6) is 0 Å². The van der Waals surface area contributed by atoms with E-state index < -0.39 is 0 Å². The number of rotatable bonds is 5. The van der Waals surface area contributed by atoms with Gasteiger partial charge in [-0.3, -0.25) is 0 Å². The molecule has 3 heteroatoms. The van der Waals surface area contributed by atoms with Crippen molar-refractivity contribution in [3.05, 3.63) is 23.8 Å². The lowest BCUT2D eigenvalue weighted by molar-refractivity contribution is 0.428. The van der Waals surface area contributed by atoms with Crippen molar-refractivity contribution in [2.24, 2.45) is 0 Å². The summed E-state index contributed by atoms with van der Waals surface area (Å²) in [4.78, 5) is 9.06. The minimum atomic E-state index is 0.612. The van der Waals surface area contributed by atoms with Gasteiger partial charge in [0.05, 0.1) is 0 Å². The van der Waals surface area contributed by atoms with Crippen molar-refractivity contribution in [1.82, 2.24) is 15.3 Å². The zero-order chi connectivity index (χ0) is 11.9. The molecule has 1 heterocycles. The SMILES string of the molecule is CCCNCc1cnc(C2CCCCC2)nc1. The summed E-state index contributed by atoms with van der Waals surface area (Å²) in [6.45, 7) is 4.12. The molecule has 1 aromatic heterocycles. The van der Waals surface area contributed by atoms with Gasteiger partial charge in [0, 0.05) is 30.4 Å². The molecular weight excluding hydrogens is 210 g/mol. The van der Waals surface area contributed by atoms with Gasteiger partial charge in [-0.25, -0.2) is 9.97 Å². The van der Waals surface area contributed by atoms with E-state index in [1.54, 1.807) is 0 Å². The van der Waals surface area contributed by atoms with E-state index in [0.29, 0.717) is 5.92 Å². The van der Waals surface area contributed by atoms with Gasteiger partial charge in [0.2, 0.25) is 0 Å². The molecule has 1 aromatic rings. The minimum absolute atomic E-state index is 0.612. The number of hydrogen-bond donors (Lipinski definition) is 1. The summed E-state index contributed by atoms with van der Waals surface area (Å²) in [5.74, 6) is 1.67. The predicted molar refractivity (Wildman–Crippen MR) is 69.9 cm³/mol. The van der Waals surface area contributed by atoms with Gasteiger partial charge in [0.25, 0.3) is 0 Å². The Morgan fingerprint density at radius 2 is 1.88 bits per heavy atom. The third-order valence-corrected chi connectivity index (χ3v) is 3.45. The van der Waals surface area contributed by atoms with E-state index in [4.69, 9.17) is 0 Å². The summed E-state index contributed by atoms with van der Waals surface area (Å²) < 4.78 is 0. The molecule has 1 aliphatic rings. The van der Waals surface area contributed by atoms with Gasteiger partial charge in [-0.2, -0.15) is 0 Å². The number of aromatic nitrogens is 2. The Kier molecular flexibility index (Phi) is 4.92. The van der Waals surface area contributed by atoms with Crippen LogP contribution >= 0.6 is 0 Å². The van der Waals surface area contributed by atoms with Gasteiger partial charge in [0.15, 0.2) is 0 Å². The Bertz CT molecular complexity index is 315. The zero-order valence-corrected chi connectivity index (χ0v) is 10.8. The highest BCUT2D eigenvalue weighted by molar-refractivity contribution is 5.07. The second-order valence-electron chi connectivity index (χ2n) is 4.96. The van der Waals surface area contributed by atoms with Crippen molar-refractivity contribution in [2.45, 2.75) is 57.9 Å². The fourth-order valence-electron chi connectivity index (χ4n) is 2.44. The van der Waals surface area contributed by atoms with Crippen molar-refractivity contribution in [2.75, 3.05) is 6.54 Å². The average molecular weight is 233 g/mol. The molecule has 1 fully saturated rings. The second-order valence-corrected chi connectivity index (χ2v) is 4.96. The quantitative estimate of drug-likeness (QED) is 0.794. The van der Waals surface area contributed by atoms with E-state index in [1.807, 2.05) is 12.4 Å². The molecule has 94 valence electrons. The lowest BCUT2D eigenvalue weighted by atomic mass is 9.89. The first-order chi connectivity index (χ1) is 8.40. The van der Waals surface area contributed by atoms with Gasteiger partial charge >= 0.3 is 0 Å². The Hall–Kier alpha value is -0.960. The van der Waals surface area contributed by atoms with E-state index in [9.17, 15) is 0 Å². The fraction of sp³-hybridized carbons (Fsp3) is 0.714. The maximum absolute atomic E-state index is 4.53. The van der Waals surface area contributed by atoms with Crippen molar-refractivity contribution in [3.8, 4) is 0 Å². The molecule has 2 rings (SSSR count). The van der Waals surface area contributed by atoms with E-state index in [2.05, 4.69) is 22.2 Å². The zero-order valence-electron chi connectivity index (χ0n) is 10.8. The summed E-state index contributed by atoms with van der Waals surface area (Å²) in [7, 11) is 0. The first kappa shape index (κ1) is 12.5. The van der Waals surface area contributed by atoms with Crippen LogP contribution in [0.2, 0.25) is 0 Å². The molecule has 3 nitrogen and oxygen atoms in total. The molecule has 0 radical (unpaired) electrons. The summed E-state index contributed by atoms with van der Waals surface area (Å²) in [6, 6.07) is 0. The third kappa shape index (κ3) is 3.77. The van der Waals surface area contributed by atoms with Crippen molar-refractivity contribution >= 4 is 0 Å². The van der Waals surface area contributed by atoms with Crippen LogP contribution in [0.4, 0.5) is 0 Å². The van der Waals surface area contributed by atoms with Gasteiger partial charge in [0.1, 0.15) is 5.82 Å². The molecule has 1 N–H and O–H groups in total. The van der Waals surface area contributed by atoms with Gasteiger partial charge in [-0.15, -0.1) is 0 Å². The molecule has 1 saturated carbocycles. The van der Waals surface area contributed by atoms with Crippen LogP contribution in [0, 0.1) is 0 Å². The van der Waals surface area contributed by atoms with Gasteiger partial charge < -0.3 is 5.32 Å². The summed E-state index contributed by atoms with van der Waals surface area (Å²) in [6.07, 6.45) is 11.7. The first-order valence-corrected chi connectivity index (χ1v) is 6.91. The molecule has 0 spiro atoms. The molecule has 0 atom stereocenters. The lowest BCUT2D eigenvalue weighted by Crippen LogP contribution is -2.15. The molecule has 0 aromatic carbocycles. The Morgan fingerprint density at radius 3 is 2.53 bits per heavy atom. The molecule has 17 heavy (non-hydrogen) atoms. The summed E-state index contributed by atoms with van der Waals surface area (Å²) in [5, 5.41) is 3.37. The van der Waals surface area contributed by atoms with Crippen LogP contribution in [0.3, 0.4) is 0 Å². The average Bonchev–Trinajstić information content (AvgIpc) is 2.41. The highest BCUT2D eigenvalue weighted by Crippen LogP contribution is 2.30. The number of nitrogens with zero attached hydrogens (tertiary/aromatic N) is 2. The Labute approximate surface area is 104 Å². The molecule has 0 aliphatic heterocycles. The Morgan fingerprint density at radius 1 is 1.18 bits per heavy atom. The van der Waals surface area contributed by atoms with Crippen molar-refractivity contribution in [1.29, 1.82) is 0 Å². The van der Waals surface area contributed by atoms with E-state index in [0.717, 1.165) is 18.9 Å². The maximum Gasteiger partial charge on any atom is 0.131 e. The normalized spacial score (nSPS) is 17.2. The van der Waals surface area contributed by atoms with Crippen LogP contribution in [-0.4, -0.2) is 16.5 Å². The van der Waals surface area contributed by atoms with E-state index >= 15 is 0 Å². The monoisotopic (exact) mass is 233 g/mol. The highest BCUT2D eigenvalue weighted by atomic mass is 14.9. The smallest absolute Gasteiger partial charge is 0.131 e. The number of nitrogens with one attached hydrogen (secondary N) is 1. The second kappa shape index (κ2) is 6.70. The topological polar surface area (TPSA) is 37.8 Å². The Balaban J connectivity index is 1.88. The third-order valence-electron chi connectivity index (χ3n) is 3.45. The lowest BCUT2D eigenvalue weighted by Gasteiger charge is -2.20. The van der Waals surface area contributed by atoms with Crippen LogP contribution in [0.25, 0.3) is 0 Å². The fourth-order valence-corrected chi connectivity index (χ4v) is 2.44. The van der Waals surface area contributed by atoms with Crippen LogP contribution < -0.4 is 5.32 Å². The van der Waals surface area contributed by atoms with Crippen LogP contribution in [-0.2, 0) is 6.54 Å². The molecule has 0 unspecified atom stereocenters. The van der Waals surface area contributed by atoms with Crippen molar-refractivity contribution < 1.29 is 0 Å².